The lowest BCUT2D eigenvalue weighted by Crippen LogP contribution is -2.13. The van der Waals surface area contributed by atoms with E-state index in [4.69, 9.17) is 14.2 Å². The SMILES string of the molecule is COc1ccc(COC(=O)Nc2sc(-c3ccccc3OC)nc2C)cc1. The minimum absolute atomic E-state index is 0.174. The summed E-state index contributed by atoms with van der Waals surface area (Å²) in [7, 11) is 3.23. The van der Waals surface area contributed by atoms with Crippen LogP contribution in [0, 0.1) is 6.92 Å². The standard InChI is InChI=1S/C20H20N2O4S/c1-13-18(27-19(21-13)16-6-4-5-7-17(16)25-3)22-20(23)26-12-14-8-10-15(24-2)11-9-14/h4-11H,12H2,1-3H3,(H,22,23). The molecule has 0 aliphatic carbocycles. The molecule has 0 aliphatic rings. The molecule has 6 nitrogen and oxygen atoms in total. The van der Waals surface area contributed by atoms with Crippen molar-refractivity contribution in [2.24, 2.45) is 0 Å². The first kappa shape index (κ1) is 18.7. The number of amides is 1. The number of ether oxygens (including phenoxy) is 3. The second kappa shape index (κ2) is 8.55. The number of benzene rings is 2. The number of anilines is 1. The van der Waals surface area contributed by atoms with Crippen molar-refractivity contribution in [1.29, 1.82) is 0 Å². The Balaban J connectivity index is 1.65. The van der Waals surface area contributed by atoms with Gasteiger partial charge in [-0.25, -0.2) is 9.78 Å². The fourth-order valence-corrected chi connectivity index (χ4v) is 3.43. The van der Waals surface area contributed by atoms with E-state index in [1.54, 1.807) is 14.2 Å². The average molecular weight is 384 g/mol. The lowest BCUT2D eigenvalue weighted by molar-refractivity contribution is 0.155. The second-order valence-corrected chi connectivity index (χ2v) is 6.68. The van der Waals surface area contributed by atoms with Crippen molar-refractivity contribution in [3.8, 4) is 22.1 Å². The molecule has 1 amide bonds. The summed E-state index contributed by atoms with van der Waals surface area (Å²) >= 11 is 1.38. The van der Waals surface area contributed by atoms with Gasteiger partial charge in [0, 0.05) is 0 Å². The molecule has 0 saturated carbocycles. The number of carbonyl (C=O) groups is 1. The van der Waals surface area contributed by atoms with Crippen LogP contribution in [0.1, 0.15) is 11.3 Å². The maximum Gasteiger partial charge on any atom is 0.412 e. The first-order chi connectivity index (χ1) is 13.1. The molecule has 140 valence electrons. The number of hydrogen-bond acceptors (Lipinski definition) is 6. The number of para-hydroxylation sites is 1. The number of rotatable bonds is 6. The molecule has 0 radical (unpaired) electrons. The zero-order valence-electron chi connectivity index (χ0n) is 15.3. The lowest BCUT2D eigenvalue weighted by Gasteiger charge is -2.07. The molecule has 2 aromatic carbocycles. The number of nitrogens with one attached hydrogen (secondary N) is 1. The van der Waals surface area contributed by atoms with Crippen LogP contribution in [0.4, 0.5) is 9.80 Å². The Bertz CT molecular complexity index is 922. The van der Waals surface area contributed by atoms with Crippen LogP contribution in [-0.4, -0.2) is 25.3 Å². The summed E-state index contributed by atoms with van der Waals surface area (Å²) in [6.45, 7) is 2.02. The smallest absolute Gasteiger partial charge is 0.412 e. The summed E-state index contributed by atoms with van der Waals surface area (Å²) in [5.41, 5.74) is 2.48. The van der Waals surface area contributed by atoms with Crippen molar-refractivity contribution in [1.82, 2.24) is 4.98 Å². The average Bonchev–Trinajstić information content (AvgIpc) is 3.06. The van der Waals surface area contributed by atoms with Crippen molar-refractivity contribution < 1.29 is 19.0 Å². The van der Waals surface area contributed by atoms with E-state index >= 15 is 0 Å². The van der Waals surface area contributed by atoms with Crippen molar-refractivity contribution in [2.45, 2.75) is 13.5 Å². The highest BCUT2D eigenvalue weighted by Gasteiger charge is 2.15. The molecular weight excluding hydrogens is 364 g/mol. The highest BCUT2D eigenvalue weighted by Crippen LogP contribution is 2.36. The van der Waals surface area contributed by atoms with Crippen LogP contribution in [0.15, 0.2) is 48.5 Å². The largest absolute Gasteiger partial charge is 0.497 e. The first-order valence-electron chi connectivity index (χ1n) is 8.28. The Hall–Kier alpha value is -3.06. The van der Waals surface area contributed by atoms with Gasteiger partial charge >= 0.3 is 6.09 Å². The van der Waals surface area contributed by atoms with Gasteiger partial charge in [0.1, 0.15) is 28.1 Å². The molecule has 0 fully saturated rings. The predicted molar refractivity (Wildman–Crippen MR) is 106 cm³/mol. The van der Waals surface area contributed by atoms with Crippen LogP contribution >= 0.6 is 11.3 Å². The van der Waals surface area contributed by atoms with Gasteiger partial charge in [-0.1, -0.05) is 35.6 Å². The quantitative estimate of drug-likeness (QED) is 0.656. The number of methoxy groups -OCH3 is 2. The Labute approximate surface area is 161 Å². The van der Waals surface area contributed by atoms with E-state index in [2.05, 4.69) is 10.3 Å². The predicted octanol–water partition coefficient (Wildman–Crippen LogP) is 4.88. The van der Waals surface area contributed by atoms with E-state index in [0.717, 1.165) is 33.3 Å². The van der Waals surface area contributed by atoms with Gasteiger partial charge in [0.2, 0.25) is 0 Å². The Morgan fingerprint density at radius 1 is 1.07 bits per heavy atom. The van der Waals surface area contributed by atoms with Gasteiger partial charge in [-0.05, 0) is 36.8 Å². The van der Waals surface area contributed by atoms with Gasteiger partial charge in [-0.3, -0.25) is 5.32 Å². The molecule has 0 atom stereocenters. The number of aromatic nitrogens is 1. The topological polar surface area (TPSA) is 69.7 Å². The molecule has 3 rings (SSSR count). The van der Waals surface area contributed by atoms with Crippen molar-refractivity contribution >= 4 is 22.4 Å². The summed E-state index contributed by atoms with van der Waals surface area (Å²) in [5, 5.41) is 4.18. The molecule has 0 aliphatic heterocycles. The van der Waals surface area contributed by atoms with E-state index in [9.17, 15) is 4.79 Å². The van der Waals surface area contributed by atoms with E-state index < -0.39 is 6.09 Å². The molecule has 7 heteroatoms. The highest BCUT2D eigenvalue weighted by atomic mass is 32.1. The third-order valence-electron chi connectivity index (χ3n) is 3.88. The lowest BCUT2D eigenvalue weighted by atomic mass is 10.2. The molecule has 1 aromatic heterocycles. The molecule has 1 N–H and O–H groups in total. The minimum atomic E-state index is -0.524. The van der Waals surface area contributed by atoms with Gasteiger partial charge in [0.15, 0.2) is 0 Å². The molecule has 3 aromatic rings. The van der Waals surface area contributed by atoms with Gasteiger partial charge in [-0.15, -0.1) is 0 Å². The summed E-state index contributed by atoms with van der Waals surface area (Å²) in [6, 6.07) is 15.0. The van der Waals surface area contributed by atoms with Crippen LogP contribution in [-0.2, 0) is 11.3 Å². The molecular formula is C20H20N2O4S. The highest BCUT2D eigenvalue weighted by molar-refractivity contribution is 7.19. The normalized spacial score (nSPS) is 10.3. The van der Waals surface area contributed by atoms with Crippen LogP contribution in [0.3, 0.4) is 0 Å². The maximum absolute atomic E-state index is 12.1. The molecule has 0 unspecified atom stereocenters. The first-order valence-corrected chi connectivity index (χ1v) is 9.10. The summed E-state index contributed by atoms with van der Waals surface area (Å²) in [6.07, 6.45) is -0.524. The van der Waals surface area contributed by atoms with Crippen LogP contribution < -0.4 is 14.8 Å². The minimum Gasteiger partial charge on any atom is -0.497 e. The van der Waals surface area contributed by atoms with Crippen LogP contribution in [0.5, 0.6) is 11.5 Å². The van der Waals surface area contributed by atoms with Gasteiger partial charge < -0.3 is 14.2 Å². The molecule has 1 heterocycles. The van der Waals surface area contributed by atoms with E-state index in [1.165, 1.54) is 11.3 Å². The number of nitrogens with zero attached hydrogens (tertiary/aromatic N) is 1. The fourth-order valence-electron chi connectivity index (χ4n) is 2.45. The summed E-state index contributed by atoms with van der Waals surface area (Å²) in [4.78, 5) is 16.7. The van der Waals surface area contributed by atoms with Gasteiger partial charge in [0.05, 0.1) is 25.5 Å². The zero-order valence-corrected chi connectivity index (χ0v) is 16.1. The molecule has 0 bridgehead atoms. The van der Waals surface area contributed by atoms with E-state index in [-0.39, 0.29) is 6.61 Å². The van der Waals surface area contributed by atoms with Gasteiger partial charge in [-0.2, -0.15) is 0 Å². The zero-order chi connectivity index (χ0) is 19.2. The molecule has 0 spiro atoms. The van der Waals surface area contributed by atoms with Gasteiger partial charge in [0.25, 0.3) is 0 Å². The van der Waals surface area contributed by atoms with E-state index in [0.29, 0.717) is 5.00 Å². The van der Waals surface area contributed by atoms with E-state index in [1.807, 2.05) is 55.5 Å². The number of thiazole rings is 1. The fraction of sp³-hybridized carbons (Fsp3) is 0.200. The number of hydrogen-bond donors (Lipinski definition) is 1. The van der Waals surface area contributed by atoms with Crippen molar-refractivity contribution in [2.75, 3.05) is 19.5 Å². The Morgan fingerprint density at radius 2 is 1.81 bits per heavy atom. The monoisotopic (exact) mass is 384 g/mol. The number of carbonyl (C=O) groups excluding carboxylic acids is 1. The second-order valence-electron chi connectivity index (χ2n) is 5.68. The Kier molecular flexibility index (Phi) is 5.93. The summed E-state index contributed by atoms with van der Waals surface area (Å²) < 4.78 is 15.8. The Morgan fingerprint density at radius 3 is 2.52 bits per heavy atom. The third-order valence-corrected chi connectivity index (χ3v) is 4.98. The summed E-state index contributed by atoms with van der Waals surface area (Å²) in [5.74, 6) is 1.49. The maximum atomic E-state index is 12.1. The number of aryl methyl sites for hydroxylation is 1. The molecule has 0 saturated heterocycles. The van der Waals surface area contributed by atoms with Crippen molar-refractivity contribution in [3.63, 3.8) is 0 Å². The van der Waals surface area contributed by atoms with Crippen LogP contribution in [0.25, 0.3) is 10.6 Å². The van der Waals surface area contributed by atoms with Crippen LogP contribution in [0.2, 0.25) is 0 Å². The molecule has 27 heavy (non-hydrogen) atoms. The van der Waals surface area contributed by atoms with Crippen molar-refractivity contribution in [3.05, 3.63) is 59.8 Å². The third kappa shape index (κ3) is 4.57.